The zero-order chi connectivity index (χ0) is 19.0. The van der Waals surface area contributed by atoms with E-state index in [1.54, 1.807) is 42.7 Å². The number of hydrogen-bond donors (Lipinski definition) is 0. The van der Waals surface area contributed by atoms with Crippen molar-refractivity contribution in [1.29, 1.82) is 0 Å². The molecule has 0 saturated carbocycles. The van der Waals surface area contributed by atoms with Crippen LogP contribution in [0.5, 0.6) is 0 Å². The maximum absolute atomic E-state index is 5.64. The second-order valence-electron chi connectivity index (χ2n) is 6.25. The van der Waals surface area contributed by atoms with Crippen LogP contribution in [0.1, 0.15) is 19.8 Å². The molecule has 1 aliphatic heterocycles. The molecule has 0 bridgehead atoms. The third-order valence-electron chi connectivity index (χ3n) is 4.92. The molecule has 1 unspecified atom stereocenters. The average Bonchev–Trinajstić information content (AvgIpc) is 3.40. The Balaban J connectivity index is 2.51. The Morgan fingerprint density at radius 3 is 1.32 bits per heavy atom. The molecule has 1 saturated heterocycles. The third kappa shape index (κ3) is 6.34. The van der Waals surface area contributed by atoms with Crippen molar-refractivity contribution >= 4 is 17.6 Å². The summed E-state index contributed by atoms with van der Waals surface area (Å²) < 4.78 is 38.6. The highest BCUT2D eigenvalue weighted by atomic mass is 28.4. The number of hydrogen-bond acceptors (Lipinski definition) is 8. The summed E-state index contributed by atoms with van der Waals surface area (Å²) in [6.07, 6.45) is 1.84. The molecule has 1 rings (SSSR count). The predicted molar refractivity (Wildman–Crippen MR) is 98.3 cm³/mol. The Bertz CT molecular complexity index is 334. The monoisotopic (exact) mass is 397 g/mol. The summed E-state index contributed by atoms with van der Waals surface area (Å²) >= 11 is 0. The van der Waals surface area contributed by atoms with Gasteiger partial charge < -0.3 is 31.3 Å². The van der Waals surface area contributed by atoms with E-state index in [4.69, 9.17) is 31.3 Å². The standard InChI is InChI=1S/C15H35NO7Si2/c1-15(14-23-15)16(10-8-12-24(17-2,18-3)19-4)11-9-13-25(20-5,21-6)22-7/h8-14H2,1-7H3. The fourth-order valence-electron chi connectivity index (χ4n) is 2.96. The molecule has 1 heterocycles. The van der Waals surface area contributed by atoms with Crippen LogP contribution in [-0.4, -0.2) is 90.6 Å². The van der Waals surface area contributed by atoms with Crippen molar-refractivity contribution in [1.82, 2.24) is 4.90 Å². The maximum atomic E-state index is 5.64. The van der Waals surface area contributed by atoms with Gasteiger partial charge in [0.15, 0.2) is 0 Å². The lowest BCUT2D eigenvalue weighted by Gasteiger charge is -2.30. The van der Waals surface area contributed by atoms with Crippen LogP contribution in [0.15, 0.2) is 0 Å². The summed E-state index contributed by atoms with van der Waals surface area (Å²) in [7, 11) is 4.83. The predicted octanol–water partition coefficient (Wildman–Crippen LogP) is 1.57. The van der Waals surface area contributed by atoms with Gasteiger partial charge in [0.1, 0.15) is 5.72 Å². The molecule has 1 aliphatic rings. The van der Waals surface area contributed by atoms with E-state index < -0.39 is 17.6 Å². The fourth-order valence-corrected chi connectivity index (χ4v) is 6.36. The first-order valence-electron chi connectivity index (χ1n) is 8.58. The normalized spacial score (nSPS) is 21.1. The fraction of sp³-hybridized carbons (Fsp3) is 1.00. The second-order valence-corrected chi connectivity index (χ2v) is 12.4. The van der Waals surface area contributed by atoms with Crippen LogP contribution in [0, 0.1) is 0 Å². The van der Waals surface area contributed by atoms with Crippen LogP contribution in [0.4, 0.5) is 0 Å². The molecule has 0 aromatic rings. The summed E-state index contributed by atoms with van der Waals surface area (Å²) in [6, 6.07) is 1.55. The van der Waals surface area contributed by atoms with Crippen molar-refractivity contribution < 1.29 is 31.3 Å². The van der Waals surface area contributed by atoms with Gasteiger partial charge in [-0.2, -0.15) is 0 Å². The van der Waals surface area contributed by atoms with Gasteiger partial charge in [-0.3, -0.25) is 4.90 Å². The number of epoxide rings is 1. The van der Waals surface area contributed by atoms with Gasteiger partial charge in [0.25, 0.3) is 0 Å². The number of nitrogens with zero attached hydrogens (tertiary/aromatic N) is 1. The smallest absolute Gasteiger partial charge is 0.377 e. The summed E-state index contributed by atoms with van der Waals surface area (Å²) in [5, 5.41) is 0. The van der Waals surface area contributed by atoms with Crippen molar-refractivity contribution in [3.8, 4) is 0 Å². The average molecular weight is 398 g/mol. The zero-order valence-corrected chi connectivity index (χ0v) is 18.8. The largest absolute Gasteiger partial charge is 0.500 e. The van der Waals surface area contributed by atoms with Gasteiger partial charge in [-0.1, -0.05) is 0 Å². The zero-order valence-electron chi connectivity index (χ0n) is 16.8. The first kappa shape index (κ1) is 23.2. The molecule has 25 heavy (non-hydrogen) atoms. The summed E-state index contributed by atoms with van der Waals surface area (Å²) in [5.74, 6) is 0. The van der Waals surface area contributed by atoms with Crippen molar-refractivity contribution in [2.75, 3.05) is 62.4 Å². The van der Waals surface area contributed by atoms with Crippen LogP contribution < -0.4 is 0 Å². The van der Waals surface area contributed by atoms with Gasteiger partial charge in [-0.15, -0.1) is 0 Å². The minimum absolute atomic E-state index is 0.172. The molecule has 0 spiro atoms. The highest BCUT2D eigenvalue weighted by Gasteiger charge is 2.46. The van der Waals surface area contributed by atoms with Gasteiger partial charge in [0.05, 0.1) is 6.61 Å². The lowest BCUT2D eigenvalue weighted by molar-refractivity contribution is 0.0824. The molecule has 0 amide bonds. The van der Waals surface area contributed by atoms with Crippen LogP contribution in [0.25, 0.3) is 0 Å². The van der Waals surface area contributed by atoms with Crippen LogP contribution in [0.3, 0.4) is 0 Å². The van der Waals surface area contributed by atoms with Crippen molar-refractivity contribution in [3.05, 3.63) is 0 Å². The van der Waals surface area contributed by atoms with Crippen LogP contribution in [-0.2, 0) is 31.3 Å². The van der Waals surface area contributed by atoms with Gasteiger partial charge in [-0.25, -0.2) is 0 Å². The lowest BCUT2D eigenvalue weighted by Crippen LogP contribution is -2.45. The molecular weight excluding hydrogens is 362 g/mol. The minimum Gasteiger partial charge on any atom is -0.377 e. The SMILES string of the molecule is CO[Si](CCCN(CCC[Si](OC)(OC)OC)C1(C)CO1)(OC)OC. The highest BCUT2D eigenvalue weighted by molar-refractivity contribution is 6.60. The van der Waals surface area contributed by atoms with Crippen molar-refractivity contribution in [3.63, 3.8) is 0 Å². The Hall–Kier alpha value is 0.114. The van der Waals surface area contributed by atoms with Crippen LogP contribution in [0.2, 0.25) is 12.1 Å². The Kier molecular flexibility index (Phi) is 9.68. The van der Waals surface area contributed by atoms with E-state index in [-0.39, 0.29) is 5.72 Å². The van der Waals surface area contributed by atoms with E-state index >= 15 is 0 Å². The molecule has 0 N–H and O–H groups in total. The number of ether oxygens (including phenoxy) is 1. The quantitative estimate of drug-likeness (QED) is 0.305. The minimum atomic E-state index is -2.52. The summed E-state index contributed by atoms with van der Waals surface area (Å²) in [5.41, 5.74) is -0.172. The van der Waals surface area contributed by atoms with Gasteiger partial charge in [0, 0.05) is 67.8 Å². The molecule has 0 aliphatic carbocycles. The lowest BCUT2D eigenvalue weighted by atomic mass is 10.2. The molecular formula is C15H35NO7Si2. The molecule has 0 aromatic heterocycles. The molecule has 1 atom stereocenters. The topological polar surface area (TPSA) is 71.2 Å². The van der Waals surface area contributed by atoms with E-state index in [0.29, 0.717) is 0 Å². The highest BCUT2D eigenvalue weighted by Crippen LogP contribution is 2.32. The molecule has 1 fully saturated rings. The van der Waals surface area contributed by atoms with E-state index in [9.17, 15) is 0 Å². The molecule has 150 valence electrons. The van der Waals surface area contributed by atoms with Gasteiger partial charge in [-0.05, 0) is 19.8 Å². The maximum Gasteiger partial charge on any atom is 0.500 e. The van der Waals surface area contributed by atoms with Gasteiger partial charge in [0.2, 0.25) is 0 Å². The molecule has 0 aromatic carbocycles. The van der Waals surface area contributed by atoms with Crippen molar-refractivity contribution in [2.24, 2.45) is 0 Å². The van der Waals surface area contributed by atoms with Crippen molar-refractivity contribution in [2.45, 2.75) is 37.6 Å². The van der Waals surface area contributed by atoms with E-state index in [0.717, 1.165) is 44.6 Å². The van der Waals surface area contributed by atoms with E-state index in [1.165, 1.54) is 0 Å². The van der Waals surface area contributed by atoms with Gasteiger partial charge >= 0.3 is 17.6 Å². The third-order valence-corrected chi connectivity index (χ3v) is 10.6. The van der Waals surface area contributed by atoms with E-state index in [1.807, 2.05) is 0 Å². The Labute approximate surface area is 154 Å². The Morgan fingerprint density at radius 2 is 1.08 bits per heavy atom. The first-order chi connectivity index (χ1) is 11.9. The van der Waals surface area contributed by atoms with E-state index in [2.05, 4.69) is 11.8 Å². The summed E-state index contributed by atoms with van der Waals surface area (Å²) in [4.78, 5) is 2.35. The van der Waals surface area contributed by atoms with Crippen LogP contribution >= 0.6 is 0 Å². The molecule has 0 radical (unpaired) electrons. The summed E-state index contributed by atoms with van der Waals surface area (Å²) in [6.45, 7) is 4.66. The molecule has 8 nitrogen and oxygen atoms in total. The molecule has 10 heteroatoms. The first-order valence-corrected chi connectivity index (χ1v) is 12.4. The second kappa shape index (κ2) is 10.4. The number of rotatable bonds is 15. The Morgan fingerprint density at radius 1 is 0.760 bits per heavy atom.